The van der Waals surface area contributed by atoms with E-state index in [2.05, 4.69) is 10.2 Å². The average molecular weight is 293 g/mol. The van der Waals surface area contributed by atoms with Crippen LogP contribution in [0.1, 0.15) is 5.56 Å². The summed E-state index contributed by atoms with van der Waals surface area (Å²) in [5, 5.41) is 13.2. The predicted molar refractivity (Wildman–Crippen MR) is 77.0 cm³/mol. The number of non-ortho nitro benzene ring substituents is 1. The normalized spacial score (nSPS) is 19.2. The molecule has 0 radical (unpaired) electrons. The van der Waals surface area contributed by atoms with Crippen LogP contribution in [-0.4, -0.2) is 55.1 Å². The van der Waals surface area contributed by atoms with Gasteiger partial charge in [0.25, 0.3) is 5.69 Å². The Labute approximate surface area is 123 Å². The maximum Gasteiger partial charge on any atom is 0.269 e. The van der Waals surface area contributed by atoms with Crippen LogP contribution >= 0.6 is 0 Å². The summed E-state index contributed by atoms with van der Waals surface area (Å²) >= 11 is 0. The molecule has 1 N–H and O–H groups in total. The fourth-order valence-electron chi connectivity index (χ4n) is 2.30. The first-order valence-corrected chi connectivity index (χ1v) is 6.89. The van der Waals surface area contributed by atoms with Crippen LogP contribution in [0.3, 0.4) is 0 Å². The predicted octanol–water partition coefficient (Wildman–Crippen LogP) is 0.584. The smallest absolute Gasteiger partial charge is 0.269 e. The van der Waals surface area contributed by atoms with Crippen LogP contribution < -0.4 is 5.32 Å². The number of hydrogen-bond donors (Lipinski definition) is 1. The van der Waals surface area contributed by atoms with E-state index in [9.17, 15) is 14.9 Å². The molecular weight excluding hydrogens is 274 g/mol. The number of nitrogens with zero attached hydrogens (tertiary/aromatic N) is 2. The van der Waals surface area contributed by atoms with Crippen LogP contribution in [0.25, 0.3) is 0 Å². The van der Waals surface area contributed by atoms with Gasteiger partial charge in [0.05, 0.1) is 11.5 Å². The number of carbonyl (C=O) groups excluding carboxylic acids is 1. The van der Waals surface area contributed by atoms with Crippen molar-refractivity contribution in [3.8, 4) is 0 Å². The number of nitrogens with one attached hydrogen (secondary N) is 1. The first-order valence-electron chi connectivity index (χ1n) is 6.89. The number of rotatable bonds is 5. The van der Waals surface area contributed by atoms with E-state index >= 15 is 0 Å². The molecule has 0 bridgehead atoms. The van der Waals surface area contributed by atoms with Gasteiger partial charge in [-0.05, 0) is 12.0 Å². The second kappa shape index (κ2) is 7.14. The third-order valence-electron chi connectivity index (χ3n) is 3.55. The van der Waals surface area contributed by atoms with Crippen molar-refractivity contribution < 1.29 is 14.5 Å². The van der Waals surface area contributed by atoms with E-state index < -0.39 is 11.0 Å². The molecule has 0 aliphatic carbocycles. The van der Waals surface area contributed by atoms with Gasteiger partial charge in [-0.15, -0.1) is 0 Å². The van der Waals surface area contributed by atoms with E-state index in [-0.39, 0.29) is 11.6 Å². The Morgan fingerprint density at radius 1 is 1.48 bits per heavy atom. The molecule has 1 aliphatic heterocycles. The van der Waals surface area contributed by atoms with Gasteiger partial charge < -0.3 is 10.1 Å². The molecule has 7 nitrogen and oxygen atoms in total. The van der Waals surface area contributed by atoms with Crippen molar-refractivity contribution in [2.24, 2.45) is 0 Å². The molecule has 1 fully saturated rings. The zero-order chi connectivity index (χ0) is 15.2. The van der Waals surface area contributed by atoms with E-state index in [1.807, 2.05) is 0 Å². The van der Waals surface area contributed by atoms with Crippen LogP contribution in [0.5, 0.6) is 0 Å². The van der Waals surface area contributed by atoms with Crippen molar-refractivity contribution in [3.63, 3.8) is 0 Å². The molecule has 1 atom stereocenters. The molecule has 1 aliphatic rings. The minimum Gasteiger partial charge on any atom is -0.366 e. The van der Waals surface area contributed by atoms with E-state index in [4.69, 9.17) is 4.74 Å². The Morgan fingerprint density at radius 3 is 2.81 bits per heavy atom. The molecule has 0 unspecified atom stereocenters. The number of morpholine rings is 1. The maximum absolute atomic E-state index is 11.6. The number of benzene rings is 1. The summed E-state index contributed by atoms with van der Waals surface area (Å²) in [6, 6.07) is 6.58. The summed E-state index contributed by atoms with van der Waals surface area (Å²) in [4.78, 5) is 23.9. The minimum atomic E-state index is -0.416. The maximum atomic E-state index is 11.6. The lowest BCUT2D eigenvalue weighted by molar-refractivity contribution is -0.384. The third kappa shape index (κ3) is 4.24. The van der Waals surface area contributed by atoms with Gasteiger partial charge in [0.2, 0.25) is 5.91 Å². The highest BCUT2D eigenvalue weighted by atomic mass is 16.6. The summed E-state index contributed by atoms with van der Waals surface area (Å²) in [6.45, 7) is 2.71. The van der Waals surface area contributed by atoms with Crippen LogP contribution in [0.15, 0.2) is 24.3 Å². The lowest BCUT2D eigenvalue weighted by Crippen LogP contribution is -2.49. The third-order valence-corrected chi connectivity index (χ3v) is 3.55. The Bertz CT molecular complexity index is 503. The van der Waals surface area contributed by atoms with Crippen LogP contribution in [0.4, 0.5) is 5.69 Å². The fraction of sp³-hybridized carbons (Fsp3) is 0.500. The molecule has 1 heterocycles. The highest BCUT2D eigenvalue weighted by Gasteiger charge is 2.25. The average Bonchev–Trinajstić information content (AvgIpc) is 2.52. The molecule has 1 saturated heterocycles. The Balaban J connectivity index is 1.84. The standard InChI is InChI=1S/C14H19N3O4/c1-15-14(18)13-10-16(8-9-21-13)7-6-11-2-4-12(5-3-11)17(19)20/h2-5,13H,6-10H2,1H3,(H,15,18)/t13-/m1/s1. The molecule has 7 heteroatoms. The lowest BCUT2D eigenvalue weighted by atomic mass is 10.1. The highest BCUT2D eigenvalue weighted by molar-refractivity contribution is 5.80. The van der Waals surface area contributed by atoms with Crippen molar-refractivity contribution in [2.75, 3.05) is 33.3 Å². The SMILES string of the molecule is CNC(=O)[C@H]1CN(CCc2ccc([N+](=O)[O-])cc2)CCO1. The fourth-order valence-corrected chi connectivity index (χ4v) is 2.30. The van der Waals surface area contributed by atoms with Crippen molar-refractivity contribution in [1.29, 1.82) is 0 Å². The molecule has 114 valence electrons. The number of ether oxygens (including phenoxy) is 1. The number of amides is 1. The summed E-state index contributed by atoms with van der Waals surface area (Å²) in [6.07, 6.45) is 0.374. The van der Waals surface area contributed by atoms with Gasteiger partial charge in [0.15, 0.2) is 0 Å². The molecule has 2 rings (SSSR count). The van der Waals surface area contributed by atoms with E-state index in [0.717, 1.165) is 25.1 Å². The molecule has 0 aromatic heterocycles. The summed E-state index contributed by atoms with van der Waals surface area (Å²) in [7, 11) is 1.60. The van der Waals surface area contributed by atoms with E-state index in [1.165, 1.54) is 12.1 Å². The largest absolute Gasteiger partial charge is 0.366 e. The molecule has 21 heavy (non-hydrogen) atoms. The Hall–Kier alpha value is -1.99. The van der Waals surface area contributed by atoms with Gasteiger partial charge in [-0.2, -0.15) is 0 Å². The molecule has 1 aromatic rings. The molecule has 1 amide bonds. The first kappa shape index (κ1) is 15.4. The summed E-state index contributed by atoms with van der Waals surface area (Å²) < 4.78 is 5.43. The quantitative estimate of drug-likeness (QED) is 0.634. The van der Waals surface area contributed by atoms with Gasteiger partial charge in [-0.1, -0.05) is 12.1 Å². The van der Waals surface area contributed by atoms with Crippen LogP contribution in [0, 0.1) is 10.1 Å². The van der Waals surface area contributed by atoms with Gasteiger partial charge in [0.1, 0.15) is 6.10 Å². The molecule has 1 aromatic carbocycles. The monoisotopic (exact) mass is 293 g/mol. The number of nitro groups is 1. The van der Waals surface area contributed by atoms with Gasteiger partial charge in [-0.25, -0.2) is 0 Å². The number of likely N-dealkylation sites (N-methyl/N-ethyl adjacent to an activating group) is 1. The van der Waals surface area contributed by atoms with E-state index in [1.54, 1.807) is 19.2 Å². The summed E-state index contributed by atoms with van der Waals surface area (Å²) in [5.41, 5.74) is 1.15. The topological polar surface area (TPSA) is 84.7 Å². The number of nitro benzene ring substituents is 1. The van der Waals surface area contributed by atoms with Crippen molar-refractivity contribution in [2.45, 2.75) is 12.5 Å². The second-order valence-corrected chi connectivity index (χ2v) is 4.95. The minimum absolute atomic E-state index is 0.102. The van der Waals surface area contributed by atoms with E-state index in [0.29, 0.717) is 13.2 Å². The first-order chi connectivity index (χ1) is 10.1. The molecular formula is C14H19N3O4. The lowest BCUT2D eigenvalue weighted by Gasteiger charge is -2.31. The van der Waals surface area contributed by atoms with Gasteiger partial charge in [-0.3, -0.25) is 19.8 Å². The number of hydrogen-bond acceptors (Lipinski definition) is 5. The van der Waals surface area contributed by atoms with Crippen molar-refractivity contribution >= 4 is 11.6 Å². The van der Waals surface area contributed by atoms with Crippen molar-refractivity contribution in [3.05, 3.63) is 39.9 Å². The van der Waals surface area contributed by atoms with Crippen LogP contribution in [0.2, 0.25) is 0 Å². The zero-order valence-corrected chi connectivity index (χ0v) is 11.9. The zero-order valence-electron chi connectivity index (χ0n) is 11.9. The van der Waals surface area contributed by atoms with Gasteiger partial charge in [0, 0.05) is 38.8 Å². The molecule has 0 spiro atoms. The van der Waals surface area contributed by atoms with Crippen LogP contribution in [-0.2, 0) is 16.0 Å². The molecule has 0 saturated carbocycles. The highest BCUT2D eigenvalue weighted by Crippen LogP contribution is 2.13. The van der Waals surface area contributed by atoms with Crippen molar-refractivity contribution in [1.82, 2.24) is 10.2 Å². The summed E-state index contributed by atoms with van der Waals surface area (Å²) in [5.74, 6) is -0.102. The van der Waals surface area contributed by atoms with Gasteiger partial charge >= 0.3 is 0 Å². The number of carbonyl (C=O) groups is 1. The second-order valence-electron chi connectivity index (χ2n) is 4.95. The Morgan fingerprint density at radius 2 is 2.19 bits per heavy atom. The Kier molecular flexibility index (Phi) is 5.24.